The van der Waals surface area contributed by atoms with Crippen LogP contribution in [0.25, 0.3) is 0 Å². The third-order valence-corrected chi connectivity index (χ3v) is 1.89. The van der Waals surface area contributed by atoms with E-state index in [0.717, 1.165) is 24.3 Å². The number of aliphatic hydroxyl groups is 1. The summed E-state index contributed by atoms with van der Waals surface area (Å²) >= 11 is 0. The van der Waals surface area contributed by atoms with Crippen LogP contribution in [0.1, 0.15) is 10.4 Å². The second-order valence-electron chi connectivity index (χ2n) is 3.14. The number of hydrogen-bond donors (Lipinski definition) is 1. The number of Topliss-reactive ketones (excluding diaryl/α,β-unsaturated/α-hetero) is 2. The third-order valence-electron chi connectivity index (χ3n) is 1.89. The normalized spacial score (nSPS) is 13.2. The van der Waals surface area contributed by atoms with E-state index in [4.69, 9.17) is 5.11 Å². The van der Waals surface area contributed by atoms with Crippen molar-refractivity contribution in [1.82, 2.24) is 0 Å². The lowest BCUT2D eigenvalue weighted by Crippen LogP contribution is -2.40. The van der Waals surface area contributed by atoms with E-state index >= 15 is 0 Å². The second-order valence-corrected chi connectivity index (χ2v) is 3.14. The Hall–Kier alpha value is -1.76. The average Bonchev–Trinajstić information content (AvgIpc) is 2.26. The second kappa shape index (κ2) is 4.62. The largest absolute Gasteiger partial charge is 0.422 e. The SMILES string of the molecule is O=C(C(=O)C(O)C(F)(F)F)c1ccc(F)cc1. The fourth-order valence-electron chi connectivity index (χ4n) is 1.02. The number of halogens is 4. The van der Waals surface area contributed by atoms with E-state index < -0.39 is 35.2 Å². The Morgan fingerprint density at radius 2 is 1.59 bits per heavy atom. The van der Waals surface area contributed by atoms with Crippen LogP contribution in [0.4, 0.5) is 17.6 Å². The summed E-state index contributed by atoms with van der Waals surface area (Å²) in [5, 5.41) is 8.57. The van der Waals surface area contributed by atoms with Crippen LogP contribution in [0.3, 0.4) is 0 Å². The lowest BCUT2D eigenvalue weighted by molar-refractivity contribution is -0.201. The van der Waals surface area contributed by atoms with Gasteiger partial charge in [0.15, 0.2) is 0 Å². The predicted octanol–water partition coefficient (Wildman–Crippen LogP) is 1.50. The molecule has 0 spiro atoms. The zero-order valence-electron chi connectivity index (χ0n) is 8.16. The summed E-state index contributed by atoms with van der Waals surface area (Å²) in [6, 6.07) is 3.36. The Bertz CT molecular complexity index is 436. The lowest BCUT2D eigenvalue weighted by atomic mass is 10.0. The van der Waals surface area contributed by atoms with Crippen molar-refractivity contribution in [1.29, 1.82) is 0 Å². The third kappa shape index (κ3) is 3.10. The molecule has 92 valence electrons. The summed E-state index contributed by atoms with van der Waals surface area (Å²) in [7, 11) is 0. The minimum atomic E-state index is -5.20. The summed E-state index contributed by atoms with van der Waals surface area (Å²) in [5.74, 6) is -4.22. The first kappa shape index (κ1) is 13.3. The van der Waals surface area contributed by atoms with Crippen molar-refractivity contribution in [2.75, 3.05) is 0 Å². The fourth-order valence-corrected chi connectivity index (χ4v) is 1.02. The van der Waals surface area contributed by atoms with Crippen LogP contribution >= 0.6 is 0 Å². The van der Waals surface area contributed by atoms with Gasteiger partial charge in [-0.15, -0.1) is 0 Å². The maximum absolute atomic E-state index is 12.5. The van der Waals surface area contributed by atoms with Crippen molar-refractivity contribution in [3.8, 4) is 0 Å². The number of ketones is 2. The molecular formula is C10H6F4O3. The molecule has 0 aliphatic rings. The number of hydrogen-bond acceptors (Lipinski definition) is 3. The van der Waals surface area contributed by atoms with Gasteiger partial charge in [0.25, 0.3) is 0 Å². The summed E-state index contributed by atoms with van der Waals surface area (Å²) in [5.41, 5.74) is -0.417. The van der Waals surface area contributed by atoms with Crippen molar-refractivity contribution in [2.45, 2.75) is 12.3 Å². The Morgan fingerprint density at radius 3 is 2.00 bits per heavy atom. The van der Waals surface area contributed by atoms with Crippen LogP contribution in [0, 0.1) is 5.82 Å². The first-order valence-electron chi connectivity index (χ1n) is 4.32. The lowest BCUT2D eigenvalue weighted by Gasteiger charge is -2.12. The Morgan fingerprint density at radius 1 is 1.12 bits per heavy atom. The summed E-state index contributed by atoms with van der Waals surface area (Å²) in [6.07, 6.45) is -8.56. The zero-order valence-corrected chi connectivity index (χ0v) is 8.16. The molecule has 0 radical (unpaired) electrons. The molecule has 0 aliphatic carbocycles. The molecule has 0 bridgehead atoms. The highest BCUT2D eigenvalue weighted by molar-refractivity contribution is 6.45. The van der Waals surface area contributed by atoms with Crippen molar-refractivity contribution in [2.24, 2.45) is 0 Å². The molecule has 0 amide bonds. The van der Waals surface area contributed by atoms with E-state index in [2.05, 4.69) is 0 Å². The van der Waals surface area contributed by atoms with Gasteiger partial charge in [-0.3, -0.25) is 9.59 Å². The number of alkyl halides is 3. The van der Waals surface area contributed by atoms with Gasteiger partial charge in [-0.1, -0.05) is 0 Å². The van der Waals surface area contributed by atoms with Crippen LogP contribution in [-0.2, 0) is 4.79 Å². The Balaban J connectivity index is 2.91. The summed E-state index contributed by atoms with van der Waals surface area (Å²) in [4.78, 5) is 22.2. The number of aliphatic hydroxyl groups excluding tert-OH is 1. The molecule has 0 saturated heterocycles. The van der Waals surface area contributed by atoms with Crippen molar-refractivity contribution in [3.63, 3.8) is 0 Å². The van der Waals surface area contributed by atoms with E-state index in [-0.39, 0.29) is 0 Å². The first-order chi connectivity index (χ1) is 7.73. The van der Waals surface area contributed by atoms with Gasteiger partial charge in [0.2, 0.25) is 17.7 Å². The molecule has 7 heteroatoms. The van der Waals surface area contributed by atoms with Gasteiger partial charge in [-0.2, -0.15) is 13.2 Å². The van der Waals surface area contributed by atoms with E-state index in [9.17, 15) is 27.2 Å². The van der Waals surface area contributed by atoms with Gasteiger partial charge in [0.05, 0.1) is 0 Å². The number of carbonyl (C=O) groups is 2. The van der Waals surface area contributed by atoms with Gasteiger partial charge in [0, 0.05) is 5.56 Å². The van der Waals surface area contributed by atoms with Crippen LogP contribution < -0.4 is 0 Å². The molecule has 1 rings (SSSR count). The molecule has 1 unspecified atom stereocenters. The standard InChI is InChI=1S/C10H6F4O3/c11-6-3-1-5(2-4-6)7(15)8(16)9(17)10(12,13)14/h1-4,9,17H. The minimum Gasteiger partial charge on any atom is -0.377 e. The maximum Gasteiger partial charge on any atom is 0.422 e. The summed E-state index contributed by atoms with van der Waals surface area (Å²) < 4.78 is 48.3. The van der Waals surface area contributed by atoms with Gasteiger partial charge in [-0.05, 0) is 24.3 Å². The van der Waals surface area contributed by atoms with E-state index in [0.29, 0.717) is 0 Å². The van der Waals surface area contributed by atoms with E-state index in [1.807, 2.05) is 0 Å². The number of benzene rings is 1. The van der Waals surface area contributed by atoms with Crippen LogP contribution in [-0.4, -0.2) is 29.0 Å². The van der Waals surface area contributed by atoms with Gasteiger partial charge < -0.3 is 5.11 Å². The first-order valence-corrected chi connectivity index (χ1v) is 4.32. The average molecular weight is 250 g/mol. The van der Waals surface area contributed by atoms with Crippen molar-refractivity contribution in [3.05, 3.63) is 35.6 Å². The molecule has 17 heavy (non-hydrogen) atoms. The Kier molecular flexibility index (Phi) is 3.62. The molecule has 0 saturated carbocycles. The van der Waals surface area contributed by atoms with Crippen molar-refractivity contribution >= 4 is 11.6 Å². The zero-order chi connectivity index (χ0) is 13.2. The molecule has 1 aromatic carbocycles. The predicted molar refractivity (Wildman–Crippen MR) is 47.8 cm³/mol. The van der Waals surface area contributed by atoms with Gasteiger partial charge in [-0.25, -0.2) is 4.39 Å². The molecule has 0 fully saturated rings. The smallest absolute Gasteiger partial charge is 0.377 e. The quantitative estimate of drug-likeness (QED) is 0.502. The van der Waals surface area contributed by atoms with Crippen LogP contribution in [0.5, 0.6) is 0 Å². The molecule has 0 aliphatic heterocycles. The summed E-state index contributed by atoms with van der Waals surface area (Å²) in [6.45, 7) is 0. The maximum atomic E-state index is 12.5. The van der Waals surface area contributed by atoms with Crippen LogP contribution in [0.15, 0.2) is 24.3 Å². The highest BCUT2D eigenvalue weighted by Gasteiger charge is 2.45. The molecule has 1 N–H and O–H groups in total. The highest BCUT2D eigenvalue weighted by atomic mass is 19.4. The minimum absolute atomic E-state index is 0.417. The molecule has 1 aromatic rings. The number of rotatable bonds is 3. The number of carbonyl (C=O) groups excluding carboxylic acids is 2. The van der Waals surface area contributed by atoms with Crippen molar-refractivity contribution < 1.29 is 32.3 Å². The van der Waals surface area contributed by atoms with Gasteiger partial charge in [0.1, 0.15) is 5.82 Å². The van der Waals surface area contributed by atoms with E-state index in [1.54, 1.807) is 0 Å². The molecule has 0 aromatic heterocycles. The molecule has 1 atom stereocenters. The molecular weight excluding hydrogens is 244 g/mol. The topological polar surface area (TPSA) is 54.4 Å². The van der Waals surface area contributed by atoms with E-state index in [1.165, 1.54) is 0 Å². The van der Waals surface area contributed by atoms with Gasteiger partial charge >= 0.3 is 6.18 Å². The fraction of sp³-hybridized carbons (Fsp3) is 0.200. The van der Waals surface area contributed by atoms with Crippen LogP contribution in [0.2, 0.25) is 0 Å². The molecule has 0 heterocycles. The molecule has 3 nitrogen and oxygen atoms in total. The Labute approximate surface area is 92.7 Å². The monoisotopic (exact) mass is 250 g/mol. The highest BCUT2D eigenvalue weighted by Crippen LogP contribution is 2.21.